The number of ether oxygens (including phenoxy) is 1. The molecule has 0 radical (unpaired) electrons. The van der Waals surface area contributed by atoms with Crippen molar-refractivity contribution in [2.75, 3.05) is 11.9 Å². The van der Waals surface area contributed by atoms with E-state index in [1.54, 1.807) is 12.1 Å². The van der Waals surface area contributed by atoms with Gasteiger partial charge in [0.05, 0.1) is 10.4 Å². The standard InChI is InChI=1S/C20H15ClN4O3S/c21-14-10-29-19-17(14)18(23-11-24-19)22-9-8-12-4-6-13(7-5-12)28-16-3-1-2-15(25-16)20(26)27/h1-7,10-11H,8-9H2,(H,26,27)(H,22,23,24). The van der Waals surface area contributed by atoms with Gasteiger partial charge in [-0.3, -0.25) is 0 Å². The molecule has 29 heavy (non-hydrogen) atoms. The molecule has 1 aromatic carbocycles. The second-order valence-electron chi connectivity index (χ2n) is 6.08. The fourth-order valence-electron chi connectivity index (χ4n) is 2.74. The van der Waals surface area contributed by atoms with Crippen molar-refractivity contribution in [2.45, 2.75) is 6.42 Å². The predicted octanol–water partition coefficient (Wildman–Crippen LogP) is 4.88. The van der Waals surface area contributed by atoms with E-state index in [4.69, 9.17) is 21.4 Å². The van der Waals surface area contributed by atoms with Crippen molar-refractivity contribution < 1.29 is 14.6 Å². The first-order chi connectivity index (χ1) is 14.1. The lowest BCUT2D eigenvalue weighted by atomic mass is 10.1. The van der Waals surface area contributed by atoms with Gasteiger partial charge in [0.2, 0.25) is 5.88 Å². The maximum Gasteiger partial charge on any atom is 0.354 e. The first-order valence-electron chi connectivity index (χ1n) is 8.69. The number of aromatic carboxylic acids is 1. The normalized spacial score (nSPS) is 10.8. The number of carboxylic acid groups (broad SMARTS) is 1. The Bertz CT molecular complexity index is 1160. The highest BCUT2D eigenvalue weighted by Crippen LogP contribution is 2.32. The summed E-state index contributed by atoms with van der Waals surface area (Å²) in [4.78, 5) is 24.3. The third-order valence-electron chi connectivity index (χ3n) is 4.12. The van der Waals surface area contributed by atoms with Gasteiger partial charge in [0.15, 0.2) is 5.69 Å². The van der Waals surface area contributed by atoms with Crippen LogP contribution in [0.5, 0.6) is 11.6 Å². The predicted molar refractivity (Wildman–Crippen MR) is 112 cm³/mol. The lowest BCUT2D eigenvalue weighted by Crippen LogP contribution is -2.06. The van der Waals surface area contributed by atoms with Crippen molar-refractivity contribution >= 4 is 44.9 Å². The van der Waals surface area contributed by atoms with E-state index in [2.05, 4.69) is 20.3 Å². The molecular weight excluding hydrogens is 412 g/mol. The maximum absolute atomic E-state index is 11.0. The van der Waals surface area contributed by atoms with Gasteiger partial charge in [0.25, 0.3) is 0 Å². The number of nitrogens with zero attached hydrogens (tertiary/aromatic N) is 3. The molecule has 0 aliphatic carbocycles. The van der Waals surface area contributed by atoms with E-state index >= 15 is 0 Å². The minimum Gasteiger partial charge on any atom is -0.477 e. The molecule has 0 bridgehead atoms. The van der Waals surface area contributed by atoms with Gasteiger partial charge < -0.3 is 15.2 Å². The van der Waals surface area contributed by atoms with Crippen molar-refractivity contribution in [1.29, 1.82) is 0 Å². The fourth-order valence-corrected chi connectivity index (χ4v) is 3.87. The van der Waals surface area contributed by atoms with Crippen LogP contribution in [0.2, 0.25) is 5.02 Å². The molecule has 3 aromatic heterocycles. The van der Waals surface area contributed by atoms with Gasteiger partial charge in [-0.2, -0.15) is 0 Å². The number of benzene rings is 1. The molecular formula is C20H15ClN4O3S. The number of fused-ring (bicyclic) bond motifs is 1. The summed E-state index contributed by atoms with van der Waals surface area (Å²) >= 11 is 7.71. The summed E-state index contributed by atoms with van der Waals surface area (Å²) in [6.45, 7) is 0.681. The number of rotatable bonds is 7. The number of thiophene rings is 1. The molecule has 2 N–H and O–H groups in total. The van der Waals surface area contributed by atoms with Crippen molar-refractivity contribution in [3.8, 4) is 11.6 Å². The van der Waals surface area contributed by atoms with Gasteiger partial charge >= 0.3 is 5.97 Å². The van der Waals surface area contributed by atoms with Crippen LogP contribution in [0, 0.1) is 0 Å². The number of hydrogen-bond acceptors (Lipinski definition) is 7. The van der Waals surface area contributed by atoms with Crippen molar-refractivity contribution in [2.24, 2.45) is 0 Å². The van der Waals surface area contributed by atoms with E-state index < -0.39 is 5.97 Å². The number of nitrogens with one attached hydrogen (secondary N) is 1. The maximum atomic E-state index is 11.0. The number of anilines is 1. The summed E-state index contributed by atoms with van der Waals surface area (Å²) < 4.78 is 5.63. The second-order valence-corrected chi connectivity index (χ2v) is 7.34. The number of carboxylic acids is 1. The molecule has 0 unspecified atom stereocenters. The molecule has 4 rings (SSSR count). The van der Waals surface area contributed by atoms with Gasteiger partial charge in [-0.25, -0.2) is 19.7 Å². The highest BCUT2D eigenvalue weighted by molar-refractivity contribution is 7.17. The molecule has 146 valence electrons. The third-order valence-corrected chi connectivity index (χ3v) is 5.43. The summed E-state index contributed by atoms with van der Waals surface area (Å²) in [5, 5.41) is 15.7. The van der Waals surface area contributed by atoms with Crippen LogP contribution < -0.4 is 10.1 Å². The van der Waals surface area contributed by atoms with E-state index in [1.807, 2.05) is 29.6 Å². The topological polar surface area (TPSA) is 97.2 Å². The van der Waals surface area contributed by atoms with E-state index in [0.717, 1.165) is 28.0 Å². The van der Waals surface area contributed by atoms with Gasteiger partial charge in [0.1, 0.15) is 22.7 Å². The molecule has 0 saturated heterocycles. The van der Waals surface area contributed by atoms with Crippen LogP contribution in [0.1, 0.15) is 16.1 Å². The summed E-state index contributed by atoms with van der Waals surface area (Å²) in [6, 6.07) is 12.2. The molecule has 7 nitrogen and oxygen atoms in total. The first kappa shape index (κ1) is 19.1. The SMILES string of the molecule is O=C(O)c1cccc(Oc2ccc(CCNc3ncnc4scc(Cl)c34)cc2)n1. The fraction of sp³-hybridized carbons (Fsp3) is 0.100. The van der Waals surface area contributed by atoms with Crippen LogP contribution in [0.25, 0.3) is 10.2 Å². The highest BCUT2D eigenvalue weighted by atomic mass is 35.5. The summed E-state index contributed by atoms with van der Waals surface area (Å²) in [5.74, 6) is 0.452. The Labute approximate surface area is 175 Å². The van der Waals surface area contributed by atoms with Crippen molar-refractivity contribution in [3.63, 3.8) is 0 Å². The van der Waals surface area contributed by atoms with Crippen LogP contribution >= 0.6 is 22.9 Å². The number of halogens is 1. The minimum atomic E-state index is -1.09. The van der Waals surface area contributed by atoms with Gasteiger partial charge in [-0.1, -0.05) is 29.8 Å². The molecule has 4 aromatic rings. The highest BCUT2D eigenvalue weighted by Gasteiger charge is 2.10. The second kappa shape index (κ2) is 8.42. The number of carbonyl (C=O) groups is 1. The van der Waals surface area contributed by atoms with Gasteiger partial charge in [-0.05, 0) is 30.2 Å². The molecule has 0 aliphatic heterocycles. The Morgan fingerprint density at radius 3 is 2.79 bits per heavy atom. The van der Waals surface area contributed by atoms with Crippen LogP contribution in [0.15, 0.2) is 54.2 Å². The molecule has 0 atom stereocenters. The zero-order valence-electron chi connectivity index (χ0n) is 15.0. The third kappa shape index (κ3) is 4.44. The lowest BCUT2D eigenvalue weighted by Gasteiger charge is -2.08. The van der Waals surface area contributed by atoms with Crippen LogP contribution in [0.3, 0.4) is 0 Å². The summed E-state index contributed by atoms with van der Waals surface area (Å²) in [7, 11) is 0. The summed E-state index contributed by atoms with van der Waals surface area (Å²) in [5.41, 5.74) is 1.05. The zero-order chi connectivity index (χ0) is 20.2. The Kier molecular flexibility index (Phi) is 5.55. The number of aromatic nitrogens is 3. The number of pyridine rings is 1. The van der Waals surface area contributed by atoms with E-state index in [1.165, 1.54) is 23.7 Å². The van der Waals surface area contributed by atoms with E-state index in [9.17, 15) is 4.79 Å². The molecule has 0 saturated carbocycles. The Balaban J connectivity index is 1.37. The molecule has 9 heteroatoms. The largest absolute Gasteiger partial charge is 0.477 e. The molecule has 0 fully saturated rings. The van der Waals surface area contributed by atoms with Crippen LogP contribution in [-0.4, -0.2) is 32.6 Å². The monoisotopic (exact) mass is 426 g/mol. The van der Waals surface area contributed by atoms with Crippen LogP contribution in [0.4, 0.5) is 5.82 Å². The minimum absolute atomic E-state index is 0.0604. The average molecular weight is 427 g/mol. The quantitative estimate of drug-likeness (QED) is 0.434. The average Bonchev–Trinajstić information content (AvgIpc) is 3.11. The van der Waals surface area contributed by atoms with Gasteiger partial charge in [0, 0.05) is 18.0 Å². The Morgan fingerprint density at radius 1 is 1.17 bits per heavy atom. The smallest absolute Gasteiger partial charge is 0.354 e. The molecule has 3 heterocycles. The van der Waals surface area contributed by atoms with E-state index in [-0.39, 0.29) is 11.6 Å². The summed E-state index contributed by atoms with van der Waals surface area (Å²) in [6.07, 6.45) is 2.30. The van der Waals surface area contributed by atoms with E-state index in [0.29, 0.717) is 17.3 Å². The van der Waals surface area contributed by atoms with Crippen molar-refractivity contribution in [3.05, 3.63) is 70.5 Å². The molecule has 0 aliphatic rings. The Morgan fingerprint density at radius 2 is 2.00 bits per heavy atom. The van der Waals surface area contributed by atoms with Crippen LogP contribution in [-0.2, 0) is 6.42 Å². The Hall–Kier alpha value is -3.23. The van der Waals surface area contributed by atoms with Gasteiger partial charge in [-0.15, -0.1) is 11.3 Å². The number of hydrogen-bond donors (Lipinski definition) is 2. The first-order valence-corrected chi connectivity index (χ1v) is 9.94. The van der Waals surface area contributed by atoms with Crippen molar-refractivity contribution in [1.82, 2.24) is 15.0 Å². The molecule has 0 amide bonds. The lowest BCUT2D eigenvalue weighted by molar-refractivity contribution is 0.0689. The zero-order valence-corrected chi connectivity index (χ0v) is 16.6. The molecule has 0 spiro atoms.